The van der Waals surface area contributed by atoms with Gasteiger partial charge in [-0.05, 0) is 31.0 Å². The molecule has 0 aliphatic carbocycles. The number of carbonyl (C=O) groups excluding carboxylic acids is 1. The fourth-order valence-corrected chi connectivity index (χ4v) is 2.46. The zero-order chi connectivity index (χ0) is 14.5. The molecule has 0 aliphatic rings. The van der Waals surface area contributed by atoms with E-state index in [0.29, 0.717) is 10.1 Å². The maximum Gasteiger partial charge on any atom is 0.289 e. The number of nitrogens with zero attached hydrogens (tertiary/aromatic N) is 3. The number of aromatic nitrogens is 2. The Balaban J connectivity index is 2.12. The largest absolute Gasteiger partial charge is 0.360 e. The third-order valence-corrected chi connectivity index (χ3v) is 3.70. The van der Waals surface area contributed by atoms with Crippen LogP contribution in [0.25, 0.3) is 0 Å². The van der Waals surface area contributed by atoms with E-state index in [9.17, 15) is 4.79 Å². The summed E-state index contributed by atoms with van der Waals surface area (Å²) in [6.45, 7) is 4.90. The van der Waals surface area contributed by atoms with E-state index in [-0.39, 0.29) is 5.91 Å². The monoisotopic (exact) mass is 290 g/mol. The van der Waals surface area contributed by atoms with Gasteiger partial charge in [-0.3, -0.25) is 4.79 Å². The highest BCUT2D eigenvalue weighted by molar-refractivity contribution is 7.17. The molecule has 2 rings (SSSR count). The van der Waals surface area contributed by atoms with Crippen LogP contribution in [0.15, 0.2) is 24.3 Å². The van der Waals surface area contributed by atoms with Gasteiger partial charge in [0.1, 0.15) is 0 Å². The van der Waals surface area contributed by atoms with Gasteiger partial charge in [0.05, 0.1) is 0 Å². The summed E-state index contributed by atoms with van der Waals surface area (Å²) in [6, 6.07) is 7.81. The number of rotatable bonds is 5. The van der Waals surface area contributed by atoms with Crippen molar-refractivity contribution >= 4 is 28.1 Å². The summed E-state index contributed by atoms with van der Waals surface area (Å²) in [5.41, 5.74) is 1.97. The first-order valence-corrected chi connectivity index (χ1v) is 7.35. The van der Waals surface area contributed by atoms with Crippen molar-refractivity contribution in [2.75, 3.05) is 23.8 Å². The van der Waals surface area contributed by atoms with E-state index in [0.717, 1.165) is 24.2 Å². The number of anilines is 2. The topological polar surface area (TPSA) is 58.1 Å². The molecule has 0 atom stereocenters. The number of carbonyl (C=O) groups is 1. The minimum Gasteiger partial charge on any atom is -0.360 e. The number of hydrogen-bond acceptors (Lipinski definition) is 5. The van der Waals surface area contributed by atoms with Crippen molar-refractivity contribution in [2.45, 2.75) is 20.3 Å². The molecular weight excluding hydrogens is 272 g/mol. The van der Waals surface area contributed by atoms with E-state index in [1.54, 1.807) is 11.9 Å². The molecule has 106 valence electrons. The second-order valence-electron chi connectivity index (χ2n) is 4.54. The Morgan fingerprint density at radius 3 is 2.90 bits per heavy atom. The van der Waals surface area contributed by atoms with E-state index < -0.39 is 0 Å². The first kappa shape index (κ1) is 14.5. The Hall–Kier alpha value is -1.95. The van der Waals surface area contributed by atoms with Crippen LogP contribution in [-0.2, 0) is 0 Å². The van der Waals surface area contributed by atoms with E-state index >= 15 is 0 Å². The molecule has 1 aromatic carbocycles. The van der Waals surface area contributed by atoms with Crippen molar-refractivity contribution in [1.29, 1.82) is 0 Å². The summed E-state index contributed by atoms with van der Waals surface area (Å²) >= 11 is 1.28. The summed E-state index contributed by atoms with van der Waals surface area (Å²) < 4.78 is 0. The maximum atomic E-state index is 12.3. The molecule has 2 aromatic rings. The number of amides is 1. The maximum absolute atomic E-state index is 12.3. The molecular formula is C14H18N4OS. The molecule has 5 nitrogen and oxygen atoms in total. The van der Waals surface area contributed by atoms with E-state index in [4.69, 9.17) is 0 Å². The van der Waals surface area contributed by atoms with Crippen molar-refractivity contribution in [3.8, 4) is 0 Å². The summed E-state index contributed by atoms with van der Waals surface area (Å²) in [7, 11) is 1.75. The molecule has 0 spiro atoms. The van der Waals surface area contributed by atoms with Crippen LogP contribution in [0.3, 0.4) is 0 Å². The lowest BCUT2D eigenvalue weighted by Gasteiger charge is -2.15. The van der Waals surface area contributed by atoms with Gasteiger partial charge >= 0.3 is 0 Å². The van der Waals surface area contributed by atoms with Gasteiger partial charge in [0.2, 0.25) is 10.1 Å². The summed E-state index contributed by atoms with van der Waals surface area (Å²) in [4.78, 5) is 13.9. The van der Waals surface area contributed by atoms with Crippen molar-refractivity contribution in [3.63, 3.8) is 0 Å². The average Bonchev–Trinajstić information content (AvgIpc) is 2.92. The Morgan fingerprint density at radius 2 is 2.20 bits per heavy atom. The average molecular weight is 290 g/mol. The highest BCUT2D eigenvalue weighted by Crippen LogP contribution is 2.20. The Morgan fingerprint density at radius 1 is 1.40 bits per heavy atom. The smallest absolute Gasteiger partial charge is 0.289 e. The lowest BCUT2D eigenvalue weighted by molar-refractivity contribution is 0.0992. The summed E-state index contributed by atoms with van der Waals surface area (Å²) in [5, 5.41) is 12.1. The highest BCUT2D eigenvalue weighted by Gasteiger charge is 2.18. The molecule has 0 unspecified atom stereocenters. The zero-order valence-electron chi connectivity index (χ0n) is 11.9. The second kappa shape index (κ2) is 6.47. The standard InChI is InChI=1S/C14H18N4OS/c1-4-8-15-14-17-16-12(20-14)13(19)18(3)11-7-5-6-10(2)9-11/h5-7,9H,4,8H2,1-3H3,(H,15,17). The SMILES string of the molecule is CCCNc1nnc(C(=O)N(C)c2cccc(C)c2)s1. The van der Waals surface area contributed by atoms with Crippen molar-refractivity contribution in [3.05, 3.63) is 34.8 Å². The fraction of sp³-hybridized carbons (Fsp3) is 0.357. The Kier molecular flexibility index (Phi) is 4.68. The lowest BCUT2D eigenvalue weighted by atomic mass is 10.2. The van der Waals surface area contributed by atoms with Gasteiger partial charge in [0, 0.05) is 19.3 Å². The minimum absolute atomic E-state index is 0.141. The highest BCUT2D eigenvalue weighted by atomic mass is 32.1. The fourth-order valence-electron chi connectivity index (χ4n) is 1.71. The van der Waals surface area contributed by atoms with E-state index in [2.05, 4.69) is 22.4 Å². The van der Waals surface area contributed by atoms with Crippen LogP contribution in [0, 0.1) is 6.92 Å². The van der Waals surface area contributed by atoms with E-state index in [1.165, 1.54) is 11.3 Å². The van der Waals surface area contributed by atoms with Gasteiger partial charge in [0.15, 0.2) is 0 Å². The van der Waals surface area contributed by atoms with Crippen molar-refractivity contribution in [1.82, 2.24) is 10.2 Å². The van der Waals surface area contributed by atoms with Gasteiger partial charge in [0.25, 0.3) is 5.91 Å². The third-order valence-electron chi connectivity index (χ3n) is 2.83. The van der Waals surface area contributed by atoms with Gasteiger partial charge in [-0.2, -0.15) is 0 Å². The van der Waals surface area contributed by atoms with E-state index in [1.807, 2.05) is 31.2 Å². The van der Waals surface area contributed by atoms with Crippen molar-refractivity contribution in [2.24, 2.45) is 0 Å². The Bertz CT molecular complexity index is 596. The first-order valence-electron chi connectivity index (χ1n) is 6.54. The summed E-state index contributed by atoms with van der Waals surface area (Å²) in [6.07, 6.45) is 1.01. The van der Waals surface area contributed by atoms with Crippen LogP contribution in [0.1, 0.15) is 28.7 Å². The number of benzene rings is 1. The zero-order valence-corrected chi connectivity index (χ0v) is 12.7. The van der Waals surface area contributed by atoms with Gasteiger partial charge in [-0.15, -0.1) is 10.2 Å². The second-order valence-corrected chi connectivity index (χ2v) is 5.52. The van der Waals surface area contributed by atoms with Crippen LogP contribution in [-0.4, -0.2) is 29.7 Å². The van der Waals surface area contributed by atoms with Crippen LogP contribution in [0.5, 0.6) is 0 Å². The van der Waals surface area contributed by atoms with Crippen LogP contribution < -0.4 is 10.2 Å². The predicted octanol–water partition coefficient (Wildman–Crippen LogP) is 2.95. The molecule has 1 N–H and O–H groups in total. The first-order chi connectivity index (χ1) is 9.61. The predicted molar refractivity (Wildman–Crippen MR) is 82.6 cm³/mol. The summed E-state index contributed by atoms with van der Waals surface area (Å²) in [5.74, 6) is -0.141. The molecule has 0 aliphatic heterocycles. The van der Waals surface area contributed by atoms with Gasteiger partial charge in [-0.1, -0.05) is 30.4 Å². The molecule has 1 heterocycles. The normalized spacial score (nSPS) is 10.3. The molecule has 0 bridgehead atoms. The molecule has 0 saturated heterocycles. The number of aryl methyl sites for hydroxylation is 1. The van der Waals surface area contributed by atoms with Crippen LogP contribution in [0.2, 0.25) is 0 Å². The van der Waals surface area contributed by atoms with Crippen LogP contribution >= 0.6 is 11.3 Å². The third kappa shape index (κ3) is 3.33. The molecule has 0 fully saturated rings. The number of hydrogen-bond donors (Lipinski definition) is 1. The van der Waals surface area contributed by atoms with Crippen molar-refractivity contribution < 1.29 is 4.79 Å². The molecule has 6 heteroatoms. The molecule has 20 heavy (non-hydrogen) atoms. The van der Waals surface area contributed by atoms with Gasteiger partial charge in [-0.25, -0.2) is 0 Å². The van der Waals surface area contributed by atoms with Gasteiger partial charge < -0.3 is 10.2 Å². The Labute approximate surface area is 122 Å². The number of nitrogens with one attached hydrogen (secondary N) is 1. The molecule has 1 aromatic heterocycles. The molecule has 1 amide bonds. The minimum atomic E-state index is -0.141. The quantitative estimate of drug-likeness (QED) is 0.920. The molecule has 0 saturated carbocycles. The molecule has 0 radical (unpaired) electrons. The van der Waals surface area contributed by atoms with Crippen LogP contribution in [0.4, 0.5) is 10.8 Å². The lowest BCUT2D eigenvalue weighted by Crippen LogP contribution is -2.26.